The maximum absolute atomic E-state index is 12.3. The van der Waals surface area contributed by atoms with Crippen LogP contribution >= 0.6 is 0 Å². The first-order valence-electron chi connectivity index (χ1n) is 7.32. The molecule has 114 valence electrons. The van der Waals surface area contributed by atoms with Crippen molar-refractivity contribution in [2.24, 2.45) is 5.41 Å². The summed E-state index contributed by atoms with van der Waals surface area (Å²) in [5.74, 6) is -0.689. The fraction of sp³-hybridized carbons (Fsp3) is 0.500. The average Bonchev–Trinajstić information content (AvgIpc) is 2.49. The predicted octanol–water partition coefficient (Wildman–Crippen LogP) is 1.91. The molecule has 1 amide bonds. The number of carboxylic acids is 1. The van der Waals surface area contributed by atoms with E-state index in [4.69, 9.17) is 5.73 Å². The molecule has 0 unspecified atom stereocenters. The smallest absolute Gasteiger partial charge is 0.309 e. The van der Waals surface area contributed by atoms with E-state index in [2.05, 4.69) is 0 Å². The Morgan fingerprint density at radius 2 is 1.81 bits per heavy atom. The first-order chi connectivity index (χ1) is 9.97. The molecular weight excluding hydrogens is 268 g/mol. The highest BCUT2D eigenvalue weighted by Crippen LogP contribution is 2.35. The lowest BCUT2D eigenvalue weighted by Crippen LogP contribution is -2.46. The highest BCUT2D eigenvalue weighted by Gasteiger charge is 2.40. The standard InChI is InChI=1S/C16H22N2O3/c1-2-16(15(20)21)7-9-18(10-8-16)14(19)11-12-3-5-13(17)6-4-12/h3-6H,2,7-11,17H2,1H3,(H,20,21). The number of amides is 1. The third-order valence-corrected chi connectivity index (χ3v) is 4.54. The summed E-state index contributed by atoms with van der Waals surface area (Å²) in [5, 5.41) is 9.36. The van der Waals surface area contributed by atoms with Gasteiger partial charge in [0.1, 0.15) is 0 Å². The normalized spacial score (nSPS) is 17.5. The third kappa shape index (κ3) is 3.35. The van der Waals surface area contributed by atoms with Crippen LogP contribution in [0.25, 0.3) is 0 Å². The van der Waals surface area contributed by atoms with Crippen molar-refractivity contribution in [3.05, 3.63) is 29.8 Å². The van der Waals surface area contributed by atoms with Gasteiger partial charge < -0.3 is 15.7 Å². The number of nitrogens with zero attached hydrogens (tertiary/aromatic N) is 1. The quantitative estimate of drug-likeness (QED) is 0.830. The molecule has 0 saturated carbocycles. The van der Waals surface area contributed by atoms with Crippen molar-refractivity contribution in [3.8, 4) is 0 Å². The number of anilines is 1. The van der Waals surface area contributed by atoms with E-state index in [1.54, 1.807) is 17.0 Å². The summed E-state index contributed by atoms with van der Waals surface area (Å²) in [7, 11) is 0. The highest BCUT2D eigenvalue weighted by molar-refractivity contribution is 5.80. The number of hydrogen-bond donors (Lipinski definition) is 2. The van der Waals surface area contributed by atoms with Crippen LogP contribution in [0.2, 0.25) is 0 Å². The van der Waals surface area contributed by atoms with E-state index >= 15 is 0 Å². The number of rotatable bonds is 4. The van der Waals surface area contributed by atoms with Crippen LogP contribution in [-0.2, 0) is 16.0 Å². The molecule has 0 bridgehead atoms. The average molecular weight is 290 g/mol. The first-order valence-corrected chi connectivity index (χ1v) is 7.32. The van der Waals surface area contributed by atoms with Gasteiger partial charge in [0, 0.05) is 18.8 Å². The van der Waals surface area contributed by atoms with Crippen LogP contribution in [0.15, 0.2) is 24.3 Å². The molecular formula is C16H22N2O3. The summed E-state index contributed by atoms with van der Waals surface area (Å²) >= 11 is 0. The summed E-state index contributed by atoms with van der Waals surface area (Å²) in [5.41, 5.74) is 6.58. The Hall–Kier alpha value is -2.04. The summed E-state index contributed by atoms with van der Waals surface area (Å²) < 4.78 is 0. The topological polar surface area (TPSA) is 83.6 Å². The van der Waals surface area contributed by atoms with Crippen molar-refractivity contribution in [1.82, 2.24) is 4.90 Å². The maximum Gasteiger partial charge on any atom is 0.309 e. The molecule has 1 fully saturated rings. The summed E-state index contributed by atoms with van der Waals surface area (Å²) in [6, 6.07) is 7.27. The molecule has 3 N–H and O–H groups in total. The first kappa shape index (κ1) is 15.4. The second-order valence-corrected chi connectivity index (χ2v) is 5.74. The van der Waals surface area contributed by atoms with E-state index < -0.39 is 11.4 Å². The van der Waals surface area contributed by atoms with Crippen molar-refractivity contribution in [3.63, 3.8) is 0 Å². The number of benzene rings is 1. The van der Waals surface area contributed by atoms with Gasteiger partial charge in [-0.1, -0.05) is 19.1 Å². The van der Waals surface area contributed by atoms with Gasteiger partial charge in [0.25, 0.3) is 0 Å². The summed E-state index contributed by atoms with van der Waals surface area (Å²) in [4.78, 5) is 25.4. The van der Waals surface area contributed by atoms with E-state index in [0.717, 1.165) is 5.56 Å². The lowest BCUT2D eigenvalue weighted by atomic mass is 9.76. The molecule has 1 aliphatic rings. The van der Waals surface area contributed by atoms with Crippen LogP contribution in [0.5, 0.6) is 0 Å². The van der Waals surface area contributed by atoms with Gasteiger partial charge in [-0.15, -0.1) is 0 Å². The zero-order valence-electron chi connectivity index (χ0n) is 12.3. The van der Waals surface area contributed by atoms with Crippen molar-refractivity contribution >= 4 is 17.6 Å². The number of nitrogen functional groups attached to an aromatic ring is 1. The second kappa shape index (κ2) is 6.16. The monoisotopic (exact) mass is 290 g/mol. The van der Waals surface area contributed by atoms with E-state index in [1.807, 2.05) is 19.1 Å². The fourth-order valence-corrected chi connectivity index (χ4v) is 2.82. The number of carbonyl (C=O) groups excluding carboxylic acids is 1. The maximum atomic E-state index is 12.3. The zero-order chi connectivity index (χ0) is 15.5. The number of hydrogen-bond acceptors (Lipinski definition) is 3. The molecule has 5 heteroatoms. The van der Waals surface area contributed by atoms with Crippen LogP contribution in [-0.4, -0.2) is 35.0 Å². The van der Waals surface area contributed by atoms with E-state index in [0.29, 0.717) is 44.5 Å². The number of aliphatic carboxylic acids is 1. The van der Waals surface area contributed by atoms with Crippen LogP contribution in [0.3, 0.4) is 0 Å². The molecule has 1 saturated heterocycles. The van der Waals surface area contributed by atoms with Gasteiger partial charge in [-0.25, -0.2) is 0 Å². The molecule has 1 aromatic carbocycles. The molecule has 1 heterocycles. The van der Waals surface area contributed by atoms with Crippen molar-refractivity contribution < 1.29 is 14.7 Å². The largest absolute Gasteiger partial charge is 0.481 e. The second-order valence-electron chi connectivity index (χ2n) is 5.74. The van der Waals surface area contributed by atoms with Crippen molar-refractivity contribution in [2.45, 2.75) is 32.6 Å². The Morgan fingerprint density at radius 1 is 1.24 bits per heavy atom. The Labute approximate surface area is 124 Å². The van der Waals surface area contributed by atoms with Gasteiger partial charge in [-0.2, -0.15) is 0 Å². The number of carboxylic acid groups (broad SMARTS) is 1. The molecule has 5 nitrogen and oxygen atoms in total. The minimum absolute atomic E-state index is 0.0508. The highest BCUT2D eigenvalue weighted by atomic mass is 16.4. The van der Waals surface area contributed by atoms with Gasteiger partial charge in [0.2, 0.25) is 5.91 Å². The molecule has 0 radical (unpaired) electrons. The Bertz CT molecular complexity index is 517. The minimum Gasteiger partial charge on any atom is -0.481 e. The van der Waals surface area contributed by atoms with Crippen molar-refractivity contribution in [2.75, 3.05) is 18.8 Å². The van der Waals surface area contributed by atoms with Gasteiger partial charge in [0.05, 0.1) is 11.8 Å². The van der Waals surface area contributed by atoms with Crippen LogP contribution in [0.4, 0.5) is 5.69 Å². The fourth-order valence-electron chi connectivity index (χ4n) is 2.82. The Balaban J connectivity index is 1.94. The Morgan fingerprint density at radius 3 is 2.29 bits per heavy atom. The minimum atomic E-state index is -0.740. The van der Waals surface area contributed by atoms with Gasteiger partial charge in [-0.3, -0.25) is 9.59 Å². The molecule has 1 aromatic rings. The number of likely N-dealkylation sites (tertiary alicyclic amines) is 1. The molecule has 0 atom stereocenters. The molecule has 0 spiro atoms. The van der Waals surface area contributed by atoms with Gasteiger partial charge in [-0.05, 0) is 37.0 Å². The van der Waals surface area contributed by atoms with E-state index in [1.165, 1.54) is 0 Å². The summed E-state index contributed by atoms with van der Waals surface area (Å²) in [6.07, 6.45) is 2.02. The number of piperidine rings is 1. The van der Waals surface area contributed by atoms with Crippen molar-refractivity contribution in [1.29, 1.82) is 0 Å². The molecule has 2 rings (SSSR count). The predicted molar refractivity (Wildman–Crippen MR) is 80.7 cm³/mol. The molecule has 1 aliphatic heterocycles. The van der Waals surface area contributed by atoms with Crippen LogP contribution in [0.1, 0.15) is 31.7 Å². The van der Waals surface area contributed by atoms with Crippen LogP contribution < -0.4 is 5.73 Å². The molecule has 21 heavy (non-hydrogen) atoms. The van der Waals surface area contributed by atoms with E-state index in [-0.39, 0.29) is 5.91 Å². The third-order valence-electron chi connectivity index (χ3n) is 4.54. The lowest BCUT2D eigenvalue weighted by Gasteiger charge is -2.38. The lowest BCUT2D eigenvalue weighted by molar-refractivity contribution is -0.154. The van der Waals surface area contributed by atoms with Gasteiger partial charge in [0.15, 0.2) is 0 Å². The number of carbonyl (C=O) groups is 2. The Kier molecular flexibility index (Phi) is 4.50. The molecule has 0 aliphatic carbocycles. The van der Waals surface area contributed by atoms with Crippen LogP contribution in [0, 0.1) is 5.41 Å². The summed E-state index contributed by atoms with van der Waals surface area (Å²) in [6.45, 7) is 2.95. The van der Waals surface area contributed by atoms with E-state index in [9.17, 15) is 14.7 Å². The SMILES string of the molecule is CCC1(C(=O)O)CCN(C(=O)Cc2ccc(N)cc2)CC1. The molecule has 0 aromatic heterocycles. The van der Waals surface area contributed by atoms with Gasteiger partial charge >= 0.3 is 5.97 Å². The number of nitrogens with two attached hydrogens (primary N) is 1. The zero-order valence-corrected chi connectivity index (χ0v) is 12.3.